The molecule has 2 saturated heterocycles. The summed E-state index contributed by atoms with van der Waals surface area (Å²) in [5, 5.41) is 0.858. The maximum atomic E-state index is 12.7. The summed E-state index contributed by atoms with van der Waals surface area (Å²) >= 11 is 12.4. The van der Waals surface area contributed by atoms with Crippen LogP contribution in [-0.4, -0.2) is 61.4 Å². The van der Waals surface area contributed by atoms with Gasteiger partial charge in [-0.25, -0.2) is 0 Å². The number of para-hydroxylation sites is 1. The van der Waals surface area contributed by atoms with Crippen molar-refractivity contribution in [2.75, 3.05) is 44.7 Å². The molecule has 1 aromatic carbocycles. The fraction of sp³-hybridized carbons (Fsp3) is 0.500. The van der Waals surface area contributed by atoms with Crippen molar-refractivity contribution >= 4 is 40.7 Å². The van der Waals surface area contributed by atoms with Crippen LogP contribution in [-0.2, 0) is 9.59 Å². The minimum Gasteiger partial charge on any atom is -0.340 e. The van der Waals surface area contributed by atoms with Crippen LogP contribution >= 0.6 is 23.2 Å². The third-order valence-corrected chi connectivity index (χ3v) is 5.11. The number of likely N-dealkylation sites (N-methyl/N-ethyl adjacent to an activating group) is 1. The van der Waals surface area contributed by atoms with E-state index in [2.05, 4.69) is 4.90 Å². The molecule has 1 atom stereocenters. The molecule has 3 rings (SSSR count). The van der Waals surface area contributed by atoms with Gasteiger partial charge in [0.2, 0.25) is 11.8 Å². The molecule has 1 aromatic rings. The minimum atomic E-state index is -0.321. The summed E-state index contributed by atoms with van der Waals surface area (Å²) in [5.41, 5.74) is 0.509. The number of hydrogen-bond donors (Lipinski definition) is 0. The van der Waals surface area contributed by atoms with Gasteiger partial charge in [0.25, 0.3) is 0 Å². The second kappa shape index (κ2) is 6.67. The Labute approximate surface area is 145 Å². The number of amides is 2. The SMILES string of the molecule is CN1CCN(C(=O)C2CC(=O)N(c3c(Cl)cccc3Cl)C2)CC1. The van der Waals surface area contributed by atoms with Crippen LogP contribution in [0.1, 0.15) is 6.42 Å². The molecular weight excluding hydrogens is 337 g/mol. The number of hydrogen-bond acceptors (Lipinski definition) is 3. The summed E-state index contributed by atoms with van der Waals surface area (Å²) in [4.78, 5) is 30.6. The van der Waals surface area contributed by atoms with Crippen molar-refractivity contribution in [3.05, 3.63) is 28.2 Å². The normalized spacial score (nSPS) is 22.7. The maximum absolute atomic E-state index is 12.7. The van der Waals surface area contributed by atoms with Crippen molar-refractivity contribution in [3.63, 3.8) is 0 Å². The molecular formula is C16H19Cl2N3O2. The molecule has 124 valence electrons. The largest absolute Gasteiger partial charge is 0.340 e. The van der Waals surface area contributed by atoms with E-state index < -0.39 is 0 Å². The van der Waals surface area contributed by atoms with Gasteiger partial charge in [-0.3, -0.25) is 9.59 Å². The first-order valence-corrected chi connectivity index (χ1v) is 8.44. The molecule has 1 unspecified atom stereocenters. The Balaban J connectivity index is 1.74. The fourth-order valence-electron chi connectivity index (χ4n) is 3.12. The zero-order chi connectivity index (χ0) is 16.6. The van der Waals surface area contributed by atoms with Crippen LogP contribution in [0, 0.1) is 5.92 Å². The molecule has 0 spiro atoms. The van der Waals surface area contributed by atoms with Gasteiger partial charge in [-0.1, -0.05) is 29.3 Å². The number of carbonyl (C=O) groups excluding carboxylic acids is 2. The second-order valence-electron chi connectivity index (χ2n) is 6.10. The van der Waals surface area contributed by atoms with Crippen molar-refractivity contribution in [2.45, 2.75) is 6.42 Å². The van der Waals surface area contributed by atoms with Gasteiger partial charge in [-0.15, -0.1) is 0 Å². The Morgan fingerprint density at radius 3 is 2.35 bits per heavy atom. The van der Waals surface area contributed by atoms with E-state index in [9.17, 15) is 9.59 Å². The molecule has 0 saturated carbocycles. The van der Waals surface area contributed by atoms with Gasteiger partial charge in [0.1, 0.15) is 0 Å². The van der Waals surface area contributed by atoms with Crippen LogP contribution in [0.2, 0.25) is 10.0 Å². The highest BCUT2D eigenvalue weighted by Crippen LogP contribution is 2.37. The standard InChI is InChI=1S/C16H19Cl2N3O2/c1-19-5-7-20(8-6-19)16(23)11-9-14(22)21(10-11)15-12(17)3-2-4-13(15)18/h2-4,11H,5-10H2,1H3. The first-order chi connectivity index (χ1) is 11.0. The molecule has 0 radical (unpaired) electrons. The van der Waals surface area contributed by atoms with Crippen LogP contribution in [0.25, 0.3) is 0 Å². The Kier molecular flexibility index (Phi) is 4.80. The zero-order valence-electron chi connectivity index (χ0n) is 13.0. The first kappa shape index (κ1) is 16.6. The molecule has 0 aliphatic carbocycles. The lowest BCUT2D eigenvalue weighted by Gasteiger charge is -2.33. The van der Waals surface area contributed by atoms with Gasteiger partial charge in [0.15, 0.2) is 0 Å². The van der Waals surface area contributed by atoms with Crippen molar-refractivity contribution in [1.82, 2.24) is 9.80 Å². The van der Waals surface area contributed by atoms with Gasteiger partial charge in [0.05, 0.1) is 21.7 Å². The minimum absolute atomic E-state index is 0.0529. The zero-order valence-corrected chi connectivity index (χ0v) is 14.5. The number of anilines is 1. The fourth-order valence-corrected chi connectivity index (χ4v) is 3.72. The Morgan fingerprint density at radius 1 is 1.13 bits per heavy atom. The monoisotopic (exact) mass is 355 g/mol. The molecule has 2 fully saturated rings. The number of halogens is 2. The van der Waals surface area contributed by atoms with Crippen molar-refractivity contribution in [1.29, 1.82) is 0 Å². The lowest BCUT2D eigenvalue weighted by Crippen LogP contribution is -2.49. The average Bonchev–Trinajstić information content (AvgIpc) is 2.89. The molecule has 23 heavy (non-hydrogen) atoms. The van der Waals surface area contributed by atoms with Gasteiger partial charge >= 0.3 is 0 Å². The molecule has 2 aliphatic heterocycles. The van der Waals surface area contributed by atoms with Gasteiger partial charge in [-0.2, -0.15) is 0 Å². The predicted molar refractivity (Wildman–Crippen MR) is 91.0 cm³/mol. The van der Waals surface area contributed by atoms with Gasteiger partial charge in [0, 0.05) is 39.1 Å². The average molecular weight is 356 g/mol. The van der Waals surface area contributed by atoms with Crippen LogP contribution in [0.5, 0.6) is 0 Å². The number of rotatable bonds is 2. The van der Waals surface area contributed by atoms with Crippen LogP contribution in [0.15, 0.2) is 18.2 Å². The van der Waals surface area contributed by atoms with Crippen LogP contribution in [0.4, 0.5) is 5.69 Å². The van der Waals surface area contributed by atoms with E-state index in [4.69, 9.17) is 23.2 Å². The highest BCUT2D eigenvalue weighted by Gasteiger charge is 2.38. The second-order valence-corrected chi connectivity index (χ2v) is 6.92. The van der Waals surface area contributed by atoms with Crippen LogP contribution in [0.3, 0.4) is 0 Å². The predicted octanol–water partition coefficient (Wildman–Crippen LogP) is 2.12. The third kappa shape index (κ3) is 3.32. The van der Waals surface area contributed by atoms with Crippen molar-refractivity contribution in [3.8, 4) is 0 Å². The molecule has 0 bridgehead atoms. The first-order valence-electron chi connectivity index (χ1n) is 7.69. The van der Waals surface area contributed by atoms with Crippen molar-refractivity contribution in [2.24, 2.45) is 5.92 Å². The number of nitrogens with zero attached hydrogens (tertiary/aromatic N) is 3. The molecule has 0 N–H and O–H groups in total. The smallest absolute Gasteiger partial charge is 0.228 e. The molecule has 7 heteroatoms. The summed E-state index contributed by atoms with van der Waals surface area (Å²) in [5.74, 6) is -0.372. The summed E-state index contributed by atoms with van der Waals surface area (Å²) < 4.78 is 0. The van der Waals surface area contributed by atoms with E-state index in [1.54, 1.807) is 23.1 Å². The lowest BCUT2D eigenvalue weighted by atomic mass is 10.1. The summed E-state index contributed by atoms with van der Waals surface area (Å²) in [6, 6.07) is 5.14. The van der Waals surface area contributed by atoms with E-state index in [0.29, 0.717) is 35.4 Å². The van der Waals surface area contributed by atoms with Crippen molar-refractivity contribution < 1.29 is 9.59 Å². The maximum Gasteiger partial charge on any atom is 0.228 e. The highest BCUT2D eigenvalue weighted by molar-refractivity contribution is 6.40. The summed E-state index contributed by atoms with van der Waals surface area (Å²) in [6.07, 6.45) is 0.215. The molecule has 5 nitrogen and oxygen atoms in total. The molecule has 2 aliphatic rings. The third-order valence-electron chi connectivity index (χ3n) is 4.50. The highest BCUT2D eigenvalue weighted by atomic mass is 35.5. The number of piperazine rings is 1. The topological polar surface area (TPSA) is 43.9 Å². The Hall–Kier alpha value is -1.30. The quantitative estimate of drug-likeness (QED) is 0.816. The molecule has 2 heterocycles. The van der Waals surface area contributed by atoms with E-state index >= 15 is 0 Å². The number of carbonyl (C=O) groups is 2. The van der Waals surface area contributed by atoms with E-state index in [-0.39, 0.29) is 24.2 Å². The van der Waals surface area contributed by atoms with Gasteiger partial charge < -0.3 is 14.7 Å². The summed E-state index contributed by atoms with van der Waals surface area (Å²) in [6.45, 7) is 3.51. The molecule has 2 amide bonds. The number of benzene rings is 1. The Bertz CT molecular complexity index is 610. The van der Waals surface area contributed by atoms with E-state index in [1.165, 1.54) is 0 Å². The lowest BCUT2D eigenvalue weighted by molar-refractivity contribution is -0.137. The van der Waals surface area contributed by atoms with E-state index in [0.717, 1.165) is 13.1 Å². The van der Waals surface area contributed by atoms with E-state index in [1.807, 2.05) is 11.9 Å². The molecule has 0 aromatic heterocycles. The summed E-state index contributed by atoms with van der Waals surface area (Å²) in [7, 11) is 2.04. The van der Waals surface area contributed by atoms with Gasteiger partial charge in [-0.05, 0) is 19.2 Å². The Morgan fingerprint density at radius 2 is 1.74 bits per heavy atom. The van der Waals surface area contributed by atoms with Crippen LogP contribution < -0.4 is 4.90 Å².